The molecule has 2 aliphatic carbocycles. The summed E-state index contributed by atoms with van der Waals surface area (Å²) in [6, 6.07) is 9.52. The predicted molar refractivity (Wildman–Crippen MR) is 138 cm³/mol. The first-order valence-electron chi connectivity index (χ1n) is 12.9. The van der Waals surface area contributed by atoms with Gasteiger partial charge in [-0.25, -0.2) is 15.0 Å². The number of aromatic nitrogens is 5. The molecule has 37 heavy (non-hydrogen) atoms. The summed E-state index contributed by atoms with van der Waals surface area (Å²) in [7, 11) is 0. The number of nitrogens with one attached hydrogen (secondary N) is 1. The van der Waals surface area contributed by atoms with Crippen LogP contribution in [0.25, 0.3) is 11.3 Å². The van der Waals surface area contributed by atoms with Crippen molar-refractivity contribution in [2.45, 2.75) is 71.4 Å². The van der Waals surface area contributed by atoms with E-state index >= 15 is 0 Å². The first-order valence-corrected chi connectivity index (χ1v) is 12.9. The molecule has 3 aromatic heterocycles. The van der Waals surface area contributed by atoms with Crippen LogP contribution in [0.4, 0.5) is 5.82 Å². The third kappa shape index (κ3) is 5.12. The fourth-order valence-corrected chi connectivity index (χ4v) is 5.27. The quantitative estimate of drug-likeness (QED) is 0.511. The van der Waals surface area contributed by atoms with Gasteiger partial charge in [0.2, 0.25) is 0 Å². The summed E-state index contributed by atoms with van der Waals surface area (Å²) in [6.07, 6.45) is 7.03. The lowest BCUT2D eigenvalue weighted by Crippen LogP contribution is -2.44. The second-order valence-corrected chi connectivity index (χ2v) is 11.1. The van der Waals surface area contributed by atoms with Crippen molar-refractivity contribution in [3.05, 3.63) is 53.9 Å². The van der Waals surface area contributed by atoms with Gasteiger partial charge in [0.25, 0.3) is 5.91 Å². The molecule has 0 spiro atoms. The van der Waals surface area contributed by atoms with Crippen LogP contribution in [0.5, 0.6) is 0 Å². The normalized spacial score (nSPS) is 26.3. The van der Waals surface area contributed by atoms with E-state index in [0.717, 1.165) is 36.9 Å². The number of nitrogens with zero attached hydrogens (tertiary/aromatic N) is 6. The fraction of sp³-hybridized carbons (Fsp3) is 0.500. The van der Waals surface area contributed by atoms with Crippen LogP contribution in [0.1, 0.15) is 74.4 Å². The standard InChI is InChI=1S/C28H33N7O2/c1-17-10-20(11-18(2)27(17,4)37)24-12-25(32-19(3)31-24)34-26(36)23-7-5-6-22(33-23)21-13-30-35(14-21)16-28(15-29)8-9-28/h5-7,12-14,17-18,20,37H,8-11,16H2,1-4H3,(H,31,32,34,36)/t17-,18+,20?,27?. The number of rotatable bonds is 6. The molecule has 2 unspecified atom stereocenters. The summed E-state index contributed by atoms with van der Waals surface area (Å²) in [5, 5.41) is 27.4. The minimum absolute atomic E-state index is 0.139. The number of anilines is 1. The Labute approximate surface area is 217 Å². The van der Waals surface area contributed by atoms with Gasteiger partial charge >= 0.3 is 0 Å². The van der Waals surface area contributed by atoms with E-state index in [0.29, 0.717) is 23.9 Å². The Bertz CT molecular complexity index is 1350. The van der Waals surface area contributed by atoms with Crippen LogP contribution in [-0.4, -0.2) is 41.3 Å². The molecule has 9 nitrogen and oxygen atoms in total. The van der Waals surface area contributed by atoms with Crippen molar-refractivity contribution < 1.29 is 9.90 Å². The fourth-order valence-electron chi connectivity index (χ4n) is 5.27. The molecule has 2 N–H and O–H groups in total. The van der Waals surface area contributed by atoms with E-state index < -0.39 is 5.60 Å². The maximum absolute atomic E-state index is 13.1. The average molecular weight is 500 g/mol. The molecule has 2 fully saturated rings. The molecule has 192 valence electrons. The Morgan fingerprint density at radius 1 is 1.22 bits per heavy atom. The number of pyridine rings is 1. The first-order chi connectivity index (χ1) is 17.6. The number of aliphatic hydroxyl groups is 1. The van der Waals surface area contributed by atoms with Gasteiger partial charge in [-0.1, -0.05) is 19.9 Å². The van der Waals surface area contributed by atoms with Crippen molar-refractivity contribution in [3.8, 4) is 17.3 Å². The van der Waals surface area contributed by atoms with Crippen LogP contribution < -0.4 is 5.32 Å². The number of nitriles is 1. The number of hydrogen-bond acceptors (Lipinski definition) is 7. The molecule has 0 bridgehead atoms. The molecule has 0 aliphatic heterocycles. The van der Waals surface area contributed by atoms with Crippen LogP contribution >= 0.6 is 0 Å². The summed E-state index contributed by atoms with van der Waals surface area (Å²) in [6.45, 7) is 8.46. The molecule has 0 saturated heterocycles. The zero-order valence-electron chi connectivity index (χ0n) is 21.8. The molecular formula is C28H33N7O2. The lowest BCUT2D eigenvalue weighted by molar-refractivity contribution is -0.0723. The van der Waals surface area contributed by atoms with Gasteiger partial charge < -0.3 is 10.4 Å². The molecule has 0 aromatic carbocycles. The first kappa shape index (κ1) is 25.0. The highest BCUT2D eigenvalue weighted by Crippen LogP contribution is 2.46. The Balaban J connectivity index is 1.31. The molecule has 4 atom stereocenters. The highest BCUT2D eigenvalue weighted by atomic mass is 16.3. The van der Waals surface area contributed by atoms with Gasteiger partial charge in [0, 0.05) is 29.4 Å². The molecule has 3 aromatic rings. The Hall–Kier alpha value is -3.64. The van der Waals surface area contributed by atoms with Gasteiger partial charge in [-0.3, -0.25) is 9.48 Å². The summed E-state index contributed by atoms with van der Waals surface area (Å²) < 4.78 is 1.78. The lowest BCUT2D eigenvalue weighted by atomic mass is 9.66. The van der Waals surface area contributed by atoms with E-state index in [-0.39, 0.29) is 34.8 Å². The van der Waals surface area contributed by atoms with Gasteiger partial charge in [-0.15, -0.1) is 0 Å². The van der Waals surface area contributed by atoms with E-state index in [9.17, 15) is 15.2 Å². The van der Waals surface area contributed by atoms with E-state index in [1.54, 1.807) is 23.0 Å². The van der Waals surface area contributed by atoms with Gasteiger partial charge in [-0.2, -0.15) is 10.4 Å². The number of amides is 1. The summed E-state index contributed by atoms with van der Waals surface area (Å²) in [5.74, 6) is 1.15. The highest BCUT2D eigenvalue weighted by molar-refractivity contribution is 6.02. The Morgan fingerprint density at radius 2 is 1.95 bits per heavy atom. The van der Waals surface area contributed by atoms with Gasteiger partial charge in [0.1, 0.15) is 17.3 Å². The SMILES string of the molecule is Cc1nc(NC(=O)c2cccc(-c3cnn(CC4(C#N)CC4)c3)n2)cc(C2C[C@@H](C)C(C)(O)[C@@H](C)C2)n1. The monoisotopic (exact) mass is 499 g/mol. The molecule has 3 heterocycles. The maximum atomic E-state index is 13.1. The Morgan fingerprint density at radius 3 is 2.62 bits per heavy atom. The number of carbonyl (C=O) groups is 1. The van der Waals surface area contributed by atoms with Crippen molar-refractivity contribution in [2.75, 3.05) is 5.32 Å². The van der Waals surface area contributed by atoms with Crippen molar-refractivity contribution in [2.24, 2.45) is 17.3 Å². The third-order valence-electron chi connectivity index (χ3n) is 8.26. The van der Waals surface area contributed by atoms with E-state index in [1.165, 1.54) is 0 Å². The molecule has 5 rings (SSSR count). The predicted octanol–water partition coefficient (Wildman–Crippen LogP) is 4.50. The lowest BCUT2D eigenvalue weighted by Gasteiger charge is -2.44. The number of hydrogen-bond donors (Lipinski definition) is 2. The second kappa shape index (κ2) is 9.34. The number of carbonyl (C=O) groups excluding carboxylic acids is 1. The minimum Gasteiger partial charge on any atom is -0.390 e. The maximum Gasteiger partial charge on any atom is 0.275 e. The van der Waals surface area contributed by atoms with Gasteiger partial charge in [-0.05, 0) is 63.5 Å². The molecule has 9 heteroatoms. The minimum atomic E-state index is -0.697. The van der Waals surface area contributed by atoms with E-state index in [1.807, 2.05) is 32.2 Å². The molecular weight excluding hydrogens is 466 g/mol. The van der Waals surface area contributed by atoms with Gasteiger partial charge in [0.15, 0.2) is 0 Å². The molecule has 0 radical (unpaired) electrons. The van der Waals surface area contributed by atoms with Crippen molar-refractivity contribution in [1.82, 2.24) is 24.7 Å². The van der Waals surface area contributed by atoms with Crippen LogP contribution in [0.3, 0.4) is 0 Å². The molecule has 2 saturated carbocycles. The van der Waals surface area contributed by atoms with Gasteiger partial charge in [0.05, 0.1) is 35.5 Å². The van der Waals surface area contributed by atoms with Crippen LogP contribution in [0.2, 0.25) is 0 Å². The summed E-state index contributed by atoms with van der Waals surface area (Å²) >= 11 is 0. The zero-order chi connectivity index (χ0) is 26.4. The van der Waals surface area contributed by atoms with Crippen LogP contribution in [-0.2, 0) is 6.54 Å². The molecule has 1 amide bonds. The topological polar surface area (TPSA) is 130 Å². The van der Waals surface area contributed by atoms with E-state index in [2.05, 4.69) is 45.3 Å². The van der Waals surface area contributed by atoms with Crippen molar-refractivity contribution >= 4 is 11.7 Å². The van der Waals surface area contributed by atoms with E-state index in [4.69, 9.17) is 0 Å². The van der Waals surface area contributed by atoms with Crippen LogP contribution in [0.15, 0.2) is 36.7 Å². The largest absolute Gasteiger partial charge is 0.390 e. The second-order valence-electron chi connectivity index (χ2n) is 11.1. The number of aryl methyl sites for hydroxylation is 1. The Kier molecular flexibility index (Phi) is 6.32. The van der Waals surface area contributed by atoms with Crippen molar-refractivity contribution in [3.63, 3.8) is 0 Å². The summed E-state index contributed by atoms with van der Waals surface area (Å²) in [5.41, 5.74) is 1.60. The van der Waals surface area contributed by atoms with Crippen LogP contribution in [0, 0.1) is 35.5 Å². The smallest absolute Gasteiger partial charge is 0.275 e. The zero-order valence-corrected chi connectivity index (χ0v) is 21.8. The average Bonchev–Trinajstić information content (AvgIpc) is 3.48. The molecule has 2 aliphatic rings. The third-order valence-corrected chi connectivity index (χ3v) is 8.26. The summed E-state index contributed by atoms with van der Waals surface area (Å²) in [4.78, 5) is 26.7. The highest BCUT2D eigenvalue weighted by Gasteiger charge is 2.44. The van der Waals surface area contributed by atoms with Crippen molar-refractivity contribution in [1.29, 1.82) is 5.26 Å².